The van der Waals surface area contributed by atoms with Gasteiger partial charge in [0.1, 0.15) is 6.17 Å². The van der Waals surface area contributed by atoms with Gasteiger partial charge in [0.15, 0.2) is 0 Å². The van der Waals surface area contributed by atoms with Crippen LogP contribution in [0.5, 0.6) is 0 Å². The predicted molar refractivity (Wildman–Crippen MR) is 82.5 cm³/mol. The average Bonchev–Trinajstić information content (AvgIpc) is 2.33. The van der Waals surface area contributed by atoms with Crippen LogP contribution in [0.3, 0.4) is 0 Å². The van der Waals surface area contributed by atoms with E-state index in [4.69, 9.17) is 0 Å². The van der Waals surface area contributed by atoms with Crippen molar-refractivity contribution in [3.8, 4) is 0 Å². The number of amides is 1. The summed E-state index contributed by atoms with van der Waals surface area (Å²) in [6.45, 7) is 11.8. The fourth-order valence-electron chi connectivity index (χ4n) is 2.76. The SMILES string of the molecule is CC1CN(C)C2C/C1=C\N(C(C)(C)C(C)C)C(=O)/C=N\2. The molecule has 2 aliphatic rings. The molecule has 0 spiro atoms. The van der Waals surface area contributed by atoms with Crippen molar-refractivity contribution >= 4 is 12.1 Å². The van der Waals surface area contributed by atoms with E-state index in [-0.39, 0.29) is 17.6 Å². The molecule has 0 saturated carbocycles. The van der Waals surface area contributed by atoms with Crippen LogP contribution in [0.1, 0.15) is 41.0 Å². The van der Waals surface area contributed by atoms with Gasteiger partial charge in [-0.15, -0.1) is 0 Å². The number of nitrogens with zero attached hydrogens (tertiary/aromatic N) is 3. The smallest absolute Gasteiger partial charge is 0.269 e. The number of carbonyl (C=O) groups is 1. The Morgan fingerprint density at radius 1 is 1.40 bits per heavy atom. The highest BCUT2D eigenvalue weighted by Gasteiger charge is 2.35. The van der Waals surface area contributed by atoms with Crippen molar-refractivity contribution in [3.05, 3.63) is 11.8 Å². The van der Waals surface area contributed by atoms with E-state index in [1.165, 1.54) is 11.8 Å². The Hall–Kier alpha value is -1.16. The van der Waals surface area contributed by atoms with E-state index < -0.39 is 0 Å². The molecule has 1 amide bonds. The highest BCUT2D eigenvalue weighted by Crippen LogP contribution is 2.32. The monoisotopic (exact) mass is 277 g/mol. The van der Waals surface area contributed by atoms with Crippen LogP contribution >= 0.6 is 0 Å². The number of fused-ring (bicyclic) bond motifs is 2. The number of hydrogen-bond acceptors (Lipinski definition) is 3. The second-order valence-corrected chi connectivity index (χ2v) is 7.02. The Balaban J connectivity index is 2.40. The maximum absolute atomic E-state index is 12.5. The summed E-state index contributed by atoms with van der Waals surface area (Å²) in [6.07, 6.45) is 4.64. The summed E-state index contributed by atoms with van der Waals surface area (Å²) in [4.78, 5) is 21.1. The normalized spacial score (nSPS) is 32.6. The fourth-order valence-corrected chi connectivity index (χ4v) is 2.76. The standard InChI is InChI=1S/C16H27N3O/c1-11(2)16(4,5)19-10-13-7-14(17-8-15(19)20)18(6)9-12(13)3/h8,10-12,14H,7,9H2,1-6H3/b13-10+,17-8-. The minimum absolute atomic E-state index is 0.00611. The molecule has 0 N–H and O–H groups in total. The molecule has 0 aromatic heterocycles. The quantitative estimate of drug-likeness (QED) is 0.777. The molecular weight excluding hydrogens is 250 g/mol. The molecule has 0 radical (unpaired) electrons. The number of hydrogen-bond donors (Lipinski definition) is 0. The molecule has 2 bridgehead atoms. The molecule has 2 aliphatic heterocycles. The zero-order valence-electron chi connectivity index (χ0n) is 13.6. The molecule has 0 aromatic carbocycles. The first kappa shape index (κ1) is 15.2. The second kappa shape index (κ2) is 5.32. The number of rotatable bonds is 2. The van der Waals surface area contributed by atoms with Crippen molar-refractivity contribution in [3.63, 3.8) is 0 Å². The van der Waals surface area contributed by atoms with Crippen LogP contribution in [-0.2, 0) is 4.79 Å². The van der Waals surface area contributed by atoms with Crippen LogP contribution in [0.15, 0.2) is 16.8 Å². The van der Waals surface area contributed by atoms with Crippen molar-refractivity contribution in [1.82, 2.24) is 9.80 Å². The molecule has 4 heteroatoms. The summed E-state index contributed by atoms with van der Waals surface area (Å²) in [5.74, 6) is 0.852. The number of carbonyl (C=O) groups excluding carboxylic acids is 1. The van der Waals surface area contributed by atoms with Crippen LogP contribution in [0.4, 0.5) is 0 Å². The molecule has 0 aromatic rings. The van der Waals surface area contributed by atoms with Gasteiger partial charge < -0.3 is 4.90 Å². The van der Waals surface area contributed by atoms with Crippen molar-refractivity contribution in [1.29, 1.82) is 0 Å². The largest absolute Gasteiger partial charge is 0.308 e. The Morgan fingerprint density at radius 3 is 2.65 bits per heavy atom. The summed E-state index contributed by atoms with van der Waals surface area (Å²) < 4.78 is 0. The summed E-state index contributed by atoms with van der Waals surface area (Å²) in [7, 11) is 2.08. The number of piperidine rings is 1. The van der Waals surface area contributed by atoms with E-state index in [1.807, 2.05) is 4.90 Å². The van der Waals surface area contributed by atoms with Crippen molar-refractivity contribution < 1.29 is 4.79 Å². The molecule has 1 saturated heterocycles. The third-order valence-electron chi connectivity index (χ3n) is 5.05. The third kappa shape index (κ3) is 2.66. The first-order valence-corrected chi connectivity index (χ1v) is 7.50. The van der Waals surface area contributed by atoms with Crippen LogP contribution in [0.2, 0.25) is 0 Å². The summed E-state index contributed by atoms with van der Waals surface area (Å²) in [6, 6.07) is 0. The van der Waals surface area contributed by atoms with Gasteiger partial charge in [0.25, 0.3) is 5.91 Å². The van der Waals surface area contributed by atoms with E-state index in [2.05, 4.69) is 57.8 Å². The van der Waals surface area contributed by atoms with E-state index >= 15 is 0 Å². The molecule has 1 fully saturated rings. The lowest BCUT2D eigenvalue weighted by Crippen LogP contribution is -2.51. The Labute approximate surface area is 122 Å². The lowest BCUT2D eigenvalue weighted by molar-refractivity contribution is -0.126. The van der Waals surface area contributed by atoms with E-state index in [0.717, 1.165) is 13.0 Å². The average molecular weight is 277 g/mol. The van der Waals surface area contributed by atoms with Gasteiger partial charge in [-0.05, 0) is 38.3 Å². The van der Waals surface area contributed by atoms with Crippen molar-refractivity contribution in [2.45, 2.75) is 52.7 Å². The van der Waals surface area contributed by atoms with Gasteiger partial charge in [-0.25, -0.2) is 0 Å². The molecule has 4 nitrogen and oxygen atoms in total. The summed E-state index contributed by atoms with van der Waals surface area (Å²) in [5.41, 5.74) is 1.14. The third-order valence-corrected chi connectivity index (χ3v) is 5.05. The zero-order valence-corrected chi connectivity index (χ0v) is 13.6. The minimum Gasteiger partial charge on any atom is -0.308 e. The van der Waals surface area contributed by atoms with E-state index in [1.54, 1.807) is 0 Å². The van der Waals surface area contributed by atoms with E-state index in [9.17, 15) is 4.79 Å². The highest BCUT2D eigenvalue weighted by molar-refractivity contribution is 6.26. The van der Waals surface area contributed by atoms with Crippen molar-refractivity contribution in [2.75, 3.05) is 13.6 Å². The maximum Gasteiger partial charge on any atom is 0.269 e. The van der Waals surface area contributed by atoms with Gasteiger partial charge in [0, 0.05) is 24.7 Å². The van der Waals surface area contributed by atoms with E-state index in [0.29, 0.717) is 11.8 Å². The van der Waals surface area contributed by atoms with Crippen LogP contribution in [-0.4, -0.2) is 47.2 Å². The molecule has 0 aliphatic carbocycles. The number of likely N-dealkylation sites (tertiary alicyclic amines) is 1. The highest BCUT2D eigenvalue weighted by atomic mass is 16.2. The van der Waals surface area contributed by atoms with Crippen LogP contribution in [0.25, 0.3) is 0 Å². The predicted octanol–water partition coefficient (Wildman–Crippen LogP) is 2.52. The molecule has 112 valence electrons. The summed E-state index contributed by atoms with van der Waals surface area (Å²) in [5, 5.41) is 0. The Kier molecular flexibility index (Phi) is 4.05. The Morgan fingerprint density at radius 2 is 2.05 bits per heavy atom. The number of aliphatic imine (C=N–C) groups is 1. The second-order valence-electron chi connectivity index (χ2n) is 7.02. The molecule has 2 heterocycles. The van der Waals surface area contributed by atoms with Crippen LogP contribution in [0, 0.1) is 11.8 Å². The van der Waals surface area contributed by atoms with Gasteiger partial charge in [-0.1, -0.05) is 20.8 Å². The lowest BCUT2D eigenvalue weighted by atomic mass is 9.86. The molecular formula is C16H27N3O. The lowest BCUT2D eigenvalue weighted by Gasteiger charge is -2.43. The fraction of sp³-hybridized carbons (Fsp3) is 0.750. The van der Waals surface area contributed by atoms with Gasteiger partial charge in [-0.3, -0.25) is 14.7 Å². The first-order chi connectivity index (χ1) is 9.23. The minimum atomic E-state index is -0.202. The van der Waals surface area contributed by atoms with Gasteiger partial charge in [0.05, 0.1) is 6.21 Å². The van der Waals surface area contributed by atoms with Crippen LogP contribution < -0.4 is 0 Å². The first-order valence-electron chi connectivity index (χ1n) is 7.50. The van der Waals surface area contributed by atoms with Gasteiger partial charge >= 0.3 is 0 Å². The topological polar surface area (TPSA) is 35.9 Å². The zero-order chi connectivity index (χ0) is 15.1. The summed E-state index contributed by atoms with van der Waals surface area (Å²) >= 11 is 0. The maximum atomic E-state index is 12.5. The molecule has 2 atom stereocenters. The molecule has 20 heavy (non-hydrogen) atoms. The Bertz CT molecular complexity index is 451. The van der Waals surface area contributed by atoms with Crippen molar-refractivity contribution in [2.24, 2.45) is 16.8 Å². The molecule has 2 rings (SSSR count). The van der Waals surface area contributed by atoms with Gasteiger partial charge in [-0.2, -0.15) is 0 Å². The molecule has 2 unspecified atom stereocenters. The van der Waals surface area contributed by atoms with Gasteiger partial charge in [0.2, 0.25) is 0 Å².